The summed E-state index contributed by atoms with van der Waals surface area (Å²) < 4.78 is 19.5. The molecule has 5 unspecified atom stereocenters. The van der Waals surface area contributed by atoms with Crippen molar-refractivity contribution in [1.82, 2.24) is 0 Å². The summed E-state index contributed by atoms with van der Waals surface area (Å²) in [6.45, 7) is 2.35. The van der Waals surface area contributed by atoms with Crippen LogP contribution in [-0.2, 0) is 17.6 Å². The van der Waals surface area contributed by atoms with Crippen molar-refractivity contribution in [2.45, 2.75) is 71.1 Å². The third-order valence-electron chi connectivity index (χ3n) is 8.00. The Morgan fingerprint density at radius 3 is 2.48 bits per heavy atom. The molecule has 2 saturated carbocycles. The van der Waals surface area contributed by atoms with Crippen LogP contribution in [0.3, 0.4) is 0 Å². The van der Waals surface area contributed by atoms with Crippen LogP contribution in [0.2, 0.25) is 0 Å². The van der Waals surface area contributed by atoms with Gasteiger partial charge >= 0.3 is 5.97 Å². The molecule has 3 aliphatic rings. The van der Waals surface area contributed by atoms with E-state index in [0.717, 1.165) is 54.1 Å². The summed E-state index contributed by atoms with van der Waals surface area (Å²) in [7, 11) is 1.31. The number of fused-ring (bicyclic) bond motifs is 2. The van der Waals surface area contributed by atoms with Gasteiger partial charge < -0.3 is 4.74 Å². The molecule has 2 fully saturated rings. The minimum Gasteiger partial charge on any atom is -0.465 e. The van der Waals surface area contributed by atoms with Crippen molar-refractivity contribution in [1.29, 1.82) is 0 Å². The average molecular weight is 373 g/mol. The second-order valence-corrected chi connectivity index (χ2v) is 9.24. The third kappa shape index (κ3) is 3.67. The maximum Gasteiger partial charge on any atom is 0.340 e. The van der Waals surface area contributed by atoms with E-state index >= 15 is 0 Å². The van der Waals surface area contributed by atoms with Crippen molar-refractivity contribution in [2.75, 3.05) is 7.11 Å². The first kappa shape index (κ1) is 19.0. The zero-order chi connectivity index (χ0) is 19.0. The minimum atomic E-state index is -0.571. The number of ether oxygens (including phenoxy) is 1. The van der Waals surface area contributed by atoms with E-state index in [4.69, 9.17) is 4.74 Å². The van der Waals surface area contributed by atoms with Gasteiger partial charge in [-0.15, -0.1) is 0 Å². The number of esters is 1. The lowest BCUT2D eigenvalue weighted by Crippen LogP contribution is -2.35. The fourth-order valence-electron chi connectivity index (χ4n) is 6.33. The maximum absolute atomic E-state index is 14.8. The molecule has 27 heavy (non-hydrogen) atoms. The highest BCUT2D eigenvalue weighted by molar-refractivity contribution is 5.90. The molecular weight excluding hydrogens is 339 g/mol. The standard InChI is InChI=1S/C24H33FO2/c1-3-15-4-5-17-13-18(7-6-16(17)12-15)19-8-10-21-20(14-19)9-11-22(23(21)25)24(26)27-2/h9,11,15-19H,3-8,10,12-14H2,1-2H3. The van der Waals surface area contributed by atoms with Crippen molar-refractivity contribution < 1.29 is 13.9 Å². The fraction of sp³-hybridized carbons (Fsp3) is 0.708. The lowest BCUT2D eigenvalue weighted by molar-refractivity contribution is 0.0594. The maximum atomic E-state index is 14.8. The van der Waals surface area contributed by atoms with Crippen LogP contribution in [0.25, 0.3) is 0 Å². The Kier molecular flexibility index (Phi) is 5.57. The molecule has 2 nitrogen and oxygen atoms in total. The van der Waals surface area contributed by atoms with Crippen LogP contribution in [0.5, 0.6) is 0 Å². The first-order valence-corrected chi connectivity index (χ1v) is 11.0. The predicted molar refractivity (Wildman–Crippen MR) is 105 cm³/mol. The van der Waals surface area contributed by atoms with Crippen molar-refractivity contribution in [3.05, 3.63) is 34.6 Å². The van der Waals surface area contributed by atoms with E-state index in [9.17, 15) is 9.18 Å². The van der Waals surface area contributed by atoms with Gasteiger partial charge in [-0.3, -0.25) is 0 Å². The Morgan fingerprint density at radius 2 is 1.74 bits per heavy atom. The molecule has 3 heteroatoms. The Bertz CT molecular complexity index is 698. The number of carbonyl (C=O) groups is 1. The van der Waals surface area contributed by atoms with Crippen molar-refractivity contribution in [3.8, 4) is 0 Å². The number of methoxy groups -OCH3 is 1. The SMILES string of the molecule is CCC1CCC2CC(C3CCc4c(ccc(C(=O)OC)c4F)C3)CCC2C1. The molecule has 0 bridgehead atoms. The molecular formula is C24H33FO2. The molecule has 1 aromatic rings. The van der Waals surface area contributed by atoms with Crippen LogP contribution in [0.15, 0.2) is 12.1 Å². The van der Waals surface area contributed by atoms with E-state index in [1.807, 2.05) is 6.07 Å². The number of rotatable bonds is 3. The lowest BCUT2D eigenvalue weighted by Gasteiger charge is -2.45. The molecule has 0 N–H and O–H groups in total. The zero-order valence-electron chi connectivity index (χ0n) is 16.8. The Hall–Kier alpha value is -1.38. The smallest absolute Gasteiger partial charge is 0.340 e. The molecule has 3 aliphatic carbocycles. The molecule has 0 amide bonds. The van der Waals surface area contributed by atoms with E-state index in [0.29, 0.717) is 5.92 Å². The quantitative estimate of drug-likeness (QED) is 0.612. The van der Waals surface area contributed by atoms with Gasteiger partial charge in [-0.05, 0) is 98.1 Å². The molecule has 0 aromatic heterocycles. The Labute approximate surface area is 162 Å². The predicted octanol–water partition coefficient (Wildman–Crippen LogP) is 5.96. The Balaban J connectivity index is 1.43. The number of carbonyl (C=O) groups excluding carboxylic acids is 1. The van der Waals surface area contributed by atoms with Crippen molar-refractivity contribution in [3.63, 3.8) is 0 Å². The summed E-state index contributed by atoms with van der Waals surface area (Å²) in [6.07, 6.45) is 12.6. The van der Waals surface area contributed by atoms with Crippen molar-refractivity contribution >= 4 is 5.97 Å². The van der Waals surface area contributed by atoms with Gasteiger partial charge in [0.1, 0.15) is 5.82 Å². The normalized spacial score (nSPS) is 33.1. The van der Waals surface area contributed by atoms with Gasteiger partial charge in [0.15, 0.2) is 0 Å². The lowest BCUT2D eigenvalue weighted by atomic mass is 9.61. The molecule has 148 valence electrons. The van der Waals surface area contributed by atoms with Gasteiger partial charge in [0.25, 0.3) is 0 Å². The highest BCUT2D eigenvalue weighted by atomic mass is 19.1. The van der Waals surface area contributed by atoms with E-state index in [-0.39, 0.29) is 11.4 Å². The summed E-state index contributed by atoms with van der Waals surface area (Å²) in [5.41, 5.74) is 1.96. The first-order valence-electron chi connectivity index (χ1n) is 11.0. The molecule has 0 spiro atoms. The average Bonchev–Trinajstić information content (AvgIpc) is 2.72. The summed E-state index contributed by atoms with van der Waals surface area (Å²) in [6, 6.07) is 3.58. The number of halogens is 1. The minimum absolute atomic E-state index is 0.0860. The molecule has 0 aliphatic heterocycles. The summed E-state index contributed by atoms with van der Waals surface area (Å²) >= 11 is 0. The zero-order valence-corrected chi connectivity index (χ0v) is 16.8. The fourth-order valence-corrected chi connectivity index (χ4v) is 6.33. The molecule has 0 heterocycles. The van der Waals surface area contributed by atoms with Crippen LogP contribution >= 0.6 is 0 Å². The summed E-state index contributed by atoms with van der Waals surface area (Å²) in [5.74, 6) is 3.45. The second kappa shape index (κ2) is 7.93. The van der Waals surface area contributed by atoms with Crippen LogP contribution in [-0.4, -0.2) is 13.1 Å². The van der Waals surface area contributed by atoms with Gasteiger partial charge in [0, 0.05) is 0 Å². The summed E-state index contributed by atoms with van der Waals surface area (Å²) in [4.78, 5) is 11.7. The van der Waals surface area contributed by atoms with Gasteiger partial charge in [0.05, 0.1) is 12.7 Å². The molecule has 1 aromatic carbocycles. The van der Waals surface area contributed by atoms with Crippen LogP contribution < -0.4 is 0 Å². The molecule has 0 saturated heterocycles. The van der Waals surface area contributed by atoms with Gasteiger partial charge in [0.2, 0.25) is 0 Å². The van der Waals surface area contributed by atoms with Gasteiger partial charge in [-0.25, -0.2) is 9.18 Å². The topological polar surface area (TPSA) is 26.3 Å². The van der Waals surface area contributed by atoms with E-state index in [1.54, 1.807) is 6.07 Å². The van der Waals surface area contributed by atoms with Crippen molar-refractivity contribution in [2.24, 2.45) is 29.6 Å². The van der Waals surface area contributed by atoms with E-state index in [2.05, 4.69) is 6.92 Å². The summed E-state index contributed by atoms with van der Waals surface area (Å²) in [5, 5.41) is 0. The van der Waals surface area contributed by atoms with Crippen LogP contribution in [0.4, 0.5) is 4.39 Å². The Morgan fingerprint density at radius 1 is 1.04 bits per heavy atom. The molecule has 4 rings (SSSR count). The van der Waals surface area contributed by atoms with E-state index in [1.165, 1.54) is 52.1 Å². The molecule has 5 atom stereocenters. The highest BCUT2D eigenvalue weighted by Crippen LogP contribution is 2.48. The van der Waals surface area contributed by atoms with Crippen LogP contribution in [0.1, 0.15) is 79.8 Å². The molecule has 0 radical (unpaired) electrons. The largest absolute Gasteiger partial charge is 0.465 e. The van der Waals surface area contributed by atoms with Gasteiger partial charge in [-0.2, -0.15) is 0 Å². The highest BCUT2D eigenvalue weighted by Gasteiger charge is 2.38. The second-order valence-electron chi connectivity index (χ2n) is 9.24. The third-order valence-corrected chi connectivity index (χ3v) is 8.00. The monoisotopic (exact) mass is 372 g/mol. The number of benzene rings is 1. The number of hydrogen-bond donors (Lipinski definition) is 0. The van der Waals surface area contributed by atoms with Crippen LogP contribution in [0, 0.1) is 35.4 Å². The van der Waals surface area contributed by atoms with Gasteiger partial charge in [-0.1, -0.05) is 25.8 Å². The number of hydrogen-bond acceptors (Lipinski definition) is 2. The van der Waals surface area contributed by atoms with E-state index < -0.39 is 5.97 Å². The first-order chi connectivity index (χ1) is 13.1.